The highest BCUT2D eigenvalue weighted by atomic mass is 32.2. The Morgan fingerprint density at radius 1 is 0.905 bits per heavy atom. The van der Waals surface area contributed by atoms with Gasteiger partial charge in [0.25, 0.3) is 0 Å². The summed E-state index contributed by atoms with van der Waals surface area (Å²) in [6.07, 6.45) is -3.82. The zero-order valence-corrected chi connectivity index (χ0v) is 22.9. The van der Waals surface area contributed by atoms with Crippen molar-refractivity contribution in [3.63, 3.8) is 0 Å². The van der Waals surface area contributed by atoms with Crippen molar-refractivity contribution in [1.29, 1.82) is 0 Å². The van der Waals surface area contributed by atoms with Crippen molar-refractivity contribution < 1.29 is 35.2 Å². The molecule has 0 spiro atoms. The average Bonchev–Trinajstić information content (AvgIpc) is 2.94. The van der Waals surface area contributed by atoms with Crippen LogP contribution in [0.15, 0.2) is 89.8 Å². The maximum Gasteiger partial charge on any atom is 0.416 e. The highest BCUT2D eigenvalue weighted by molar-refractivity contribution is 7.90. The molecule has 220 valence electrons. The van der Waals surface area contributed by atoms with E-state index in [4.69, 9.17) is 5.73 Å². The molecular weight excluding hydrogens is 579 g/mol. The zero-order valence-electron chi connectivity index (χ0n) is 22.0. The Morgan fingerprint density at radius 3 is 2.17 bits per heavy atom. The molecular formula is C29H25F5N4O3S. The number of carbonyl (C=O) groups excluding carboxylic acids is 1. The Kier molecular flexibility index (Phi) is 8.83. The maximum atomic E-state index is 15.7. The van der Waals surface area contributed by atoms with Crippen LogP contribution in [0.5, 0.6) is 0 Å². The lowest BCUT2D eigenvalue weighted by Crippen LogP contribution is -2.39. The smallest absolute Gasteiger partial charge is 0.326 e. The number of urea groups is 1. The molecule has 4 aromatic carbocycles. The first-order chi connectivity index (χ1) is 19.8. The molecule has 0 saturated carbocycles. The number of amides is 2. The third-order valence-electron chi connectivity index (χ3n) is 6.15. The van der Waals surface area contributed by atoms with Gasteiger partial charge in [-0.1, -0.05) is 54.6 Å². The normalized spacial score (nSPS) is 11.7. The summed E-state index contributed by atoms with van der Waals surface area (Å²) in [6.45, 7) is -0.180. The standard InChI is InChI=1S/C29H25F5N4O3S/c1-42(40,41)27-23(20-7-3-2-4-8-20)15-24(30)26(25(27)31)36-28(39)38(37-22-9-5-6-19(14-22)16-35)17-18-10-12-21(13-11-18)29(32,33)34/h2-15,37H,16-17,35H2,1H3,(H,36,39). The first kappa shape index (κ1) is 30.5. The van der Waals surface area contributed by atoms with E-state index in [0.717, 1.165) is 41.6 Å². The molecule has 0 aliphatic heterocycles. The van der Waals surface area contributed by atoms with Crippen LogP contribution in [-0.2, 0) is 29.1 Å². The van der Waals surface area contributed by atoms with Crippen molar-refractivity contribution in [2.45, 2.75) is 24.2 Å². The number of sulfone groups is 1. The van der Waals surface area contributed by atoms with Gasteiger partial charge in [0.2, 0.25) is 0 Å². The fourth-order valence-corrected chi connectivity index (χ4v) is 5.16. The number of benzene rings is 4. The van der Waals surface area contributed by atoms with Gasteiger partial charge >= 0.3 is 12.2 Å². The topological polar surface area (TPSA) is 105 Å². The molecule has 0 aromatic heterocycles. The van der Waals surface area contributed by atoms with Gasteiger partial charge in [0.1, 0.15) is 10.6 Å². The molecule has 7 nitrogen and oxygen atoms in total. The second-order valence-corrected chi connectivity index (χ2v) is 11.2. The van der Waals surface area contributed by atoms with Crippen molar-refractivity contribution in [3.05, 3.63) is 113 Å². The van der Waals surface area contributed by atoms with E-state index in [1.165, 1.54) is 12.1 Å². The molecule has 42 heavy (non-hydrogen) atoms. The number of nitrogens with two attached hydrogens (primary N) is 1. The van der Waals surface area contributed by atoms with Gasteiger partial charge in [0.05, 0.1) is 17.8 Å². The number of alkyl halides is 3. The minimum Gasteiger partial charge on any atom is -0.326 e. The molecule has 0 saturated heterocycles. The molecule has 0 aliphatic rings. The van der Waals surface area contributed by atoms with Crippen molar-refractivity contribution in [2.75, 3.05) is 17.0 Å². The molecule has 2 amide bonds. The fourth-order valence-electron chi connectivity index (χ4n) is 4.15. The van der Waals surface area contributed by atoms with E-state index in [1.807, 2.05) is 0 Å². The minimum atomic E-state index is -4.57. The summed E-state index contributed by atoms with van der Waals surface area (Å²) >= 11 is 0. The van der Waals surface area contributed by atoms with Gasteiger partial charge in [-0.25, -0.2) is 27.0 Å². The molecule has 13 heteroatoms. The molecule has 0 aliphatic carbocycles. The van der Waals surface area contributed by atoms with Gasteiger partial charge in [0.15, 0.2) is 21.5 Å². The van der Waals surface area contributed by atoms with E-state index < -0.39 is 49.8 Å². The lowest BCUT2D eigenvalue weighted by Gasteiger charge is -2.26. The highest BCUT2D eigenvalue weighted by Gasteiger charge is 2.31. The Balaban J connectivity index is 1.72. The Morgan fingerprint density at radius 2 is 1.57 bits per heavy atom. The highest BCUT2D eigenvalue weighted by Crippen LogP contribution is 2.36. The summed E-state index contributed by atoms with van der Waals surface area (Å²) in [7, 11) is -4.25. The number of hydrazine groups is 1. The van der Waals surface area contributed by atoms with Gasteiger partial charge in [-0.15, -0.1) is 0 Å². The van der Waals surface area contributed by atoms with Crippen LogP contribution in [0.2, 0.25) is 0 Å². The van der Waals surface area contributed by atoms with Gasteiger partial charge in [-0.3, -0.25) is 5.43 Å². The second kappa shape index (κ2) is 12.2. The fraction of sp³-hybridized carbons (Fsp3) is 0.138. The Bertz CT molecular complexity index is 1700. The molecule has 0 radical (unpaired) electrons. The van der Waals surface area contributed by atoms with Crippen LogP contribution in [0.25, 0.3) is 11.1 Å². The minimum absolute atomic E-state index is 0.166. The SMILES string of the molecule is CS(=O)(=O)c1c(-c2ccccc2)cc(F)c(NC(=O)N(Cc2ccc(C(F)(F)F)cc2)Nc2cccc(CN)c2)c1F. The molecule has 0 fully saturated rings. The number of carbonyl (C=O) groups is 1. The number of rotatable bonds is 8. The van der Waals surface area contributed by atoms with Crippen LogP contribution >= 0.6 is 0 Å². The summed E-state index contributed by atoms with van der Waals surface area (Å²) < 4.78 is 95.3. The maximum absolute atomic E-state index is 15.7. The van der Waals surface area contributed by atoms with Gasteiger partial charge in [0, 0.05) is 18.4 Å². The number of hydrogen-bond donors (Lipinski definition) is 3. The molecule has 0 bridgehead atoms. The van der Waals surface area contributed by atoms with E-state index in [-0.39, 0.29) is 29.8 Å². The third-order valence-corrected chi connectivity index (χ3v) is 7.30. The molecule has 0 unspecified atom stereocenters. The Labute approximate surface area is 238 Å². The zero-order chi connectivity index (χ0) is 30.7. The first-order valence-electron chi connectivity index (χ1n) is 12.4. The van der Waals surface area contributed by atoms with Crippen molar-refractivity contribution >= 4 is 27.2 Å². The van der Waals surface area contributed by atoms with E-state index in [9.17, 15) is 26.4 Å². The molecule has 0 heterocycles. The van der Waals surface area contributed by atoms with Gasteiger partial charge in [-0.2, -0.15) is 13.2 Å². The van der Waals surface area contributed by atoms with E-state index in [1.54, 1.807) is 42.5 Å². The van der Waals surface area contributed by atoms with Crippen LogP contribution in [0.1, 0.15) is 16.7 Å². The van der Waals surface area contributed by atoms with Crippen LogP contribution in [0.4, 0.5) is 38.1 Å². The van der Waals surface area contributed by atoms with E-state index in [2.05, 4.69) is 10.7 Å². The monoisotopic (exact) mass is 604 g/mol. The Hall–Kier alpha value is -4.49. The summed E-state index contributed by atoms with van der Waals surface area (Å²) in [4.78, 5) is 12.6. The number of nitrogens with one attached hydrogen (secondary N) is 2. The molecule has 0 atom stereocenters. The van der Waals surface area contributed by atoms with Crippen molar-refractivity contribution in [2.24, 2.45) is 5.73 Å². The van der Waals surface area contributed by atoms with Crippen molar-refractivity contribution in [1.82, 2.24) is 5.01 Å². The van der Waals surface area contributed by atoms with Crippen LogP contribution < -0.4 is 16.5 Å². The summed E-state index contributed by atoms with van der Waals surface area (Å²) in [5, 5.41) is 2.96. The van der Waals surface area contributed by atoms with Gasteiger partial charge in [-0.05, 0) is 47.0 Å². The second-order valence-electron chi connectivity index (χ2n) is 9.29. The summed E-state index contributed by atoms with van der Waals surface area (Å²) in [5.41, 5.74) is 7.80. The van der Waals surface area contributed by atoms with Crippen LogP contribution in [0, 0.1) is 11.6 Å². The lowest BCUT2D eigenvalue weighted by molar-refractivity contribution is -0.137. The molecule has 4 rings (SSSR count). The molecule has 4 aromatic rings. The van der Waals surface area contributed by atoms with E-state index in [0.29, 0.717) is 11.3 Å². The summed E-state index contributed by atoms with van der Waals surface area (Å²) in [6, 6.07) is 17.9. The lowest BCUT2D eigenvalue weighted by atomic mass is 10.0. The van der Waals surface area contributed by atoms with Crippen LogP contribution in [0.3, 0.4) is 0 Å². The predicted octanol–water partition coefficient (Wildman–Crippen LogP) is 6.57. The van der Waals surface area contributed by atoms with Crippen molar-refractivity contribution in [3.8, 4) is 11.1 Å². The average molecular weight is 605 g/mol. The first-order valence-corrected chi connectivity index (χ1v) is 14.2. The number of nitrogens with zero attached hydrogens (tertiary/aromatic N) is 1. The van der Waals surface area contributed by atoms with Gasteiger partial charge < -0.3 is 11.1 Å². The van der Waals surface area contributed by atoms with E-state index >= 15 is 8.78 Å². The summed E-state index contributed by atoms with van der Waals surface area (Å²) in [5.74, 6) is -2.75. The molecule has 4 N–H and O–H groups in total. The van der Waals surface area contributed by atoms with Crippen LogP contribution in [-0.4, -0.2) is 25.7 Å². The quantitative estimate of drug-likeness (QED) is 0.120. The third kappa shape index (κ3) is 7.04. The number of hydrogen-bond acceptors (Lipinski definition) is 5. The largest absolute Gasteiger partial charge is 0.416 e. The number of halogens is 5. The predicted molar refractivity (Wildman–Crippen MR) is 149 cm³/mol. The number of anilines is 2.